The van der Waals surface area contributed by atoms with Gasteiger partial charge in [-0.15, -0.1) is 11.3 Å². The summed E-state index contributed by atoms with van der Waals surface area (Å²) in [7, 11) is 0. The van der Waals surface area contributed by atoms with Gasteiger partial charge in [0.05, 0.1) is 11.1 Å². The second-order valence-electron chi connectivity index (χ2n) is 6.58. The summed E-state index contributed by atoms with van der Waals surface area (Å²) in [5.41, 5.74) is 1.09. The number of hydrogen-bond acceptors (Lipinski definition) is 4. The van der Waals surface area contributed by atoms with Gasteiger partial charge < -0.3 is 9.64 Å². The molecule has 0 N–H and O–H groups in total. The minimum Gasteiger partial charge on any atom is -0.368 e. The molecule has 122 valence electrons. The Labute approximate surface area is 136 Å². The Bertz CT molecular complexity index is 497. The number of carbonyl (C=O) groups excluding carboxylic acids is 1. The zero-order chi connectivity index (χ0) is 15.4. The van der Waals surface area contributed by atoms with Gasteiger partial charge in [-0.2, -0.15) is 0 Å². The summed E-state index contributed by atoms with van der Waals surface area (Å²) in [4.78, 5) is 19.0. The Morgan fingerprint density at radius 3 is 2.86 bits per heavy atom. The number of ether oxygens (including phenoxy) is 1. The Hall–Kier alpha value is -0.940. The van der Waals surface area contributed by atoms with E-state index in [1.807, 2.05) is 11.8 Å². The highest BCUT2D eigenvalue weighted by molar-refractivity contribution is 7.09. The SMILES string of the molecule is Cc1csc([C@@H]2CCCN(C(=O)COC3CCCCC3)C2)n1. The van der Waals surface area contributed by atoms with Crippen molar-refractivity contribution in [3.05, 3.63) is 16.1 Å². The van der Waals surface area contributed by atoms with E-state index in [1.54, 1.807) is 11.3 Å². The van der Waals surface area contributed by atoms with E-state index in [9.17, 15) is 4.79 Å². The van der Waals surface area contributed by atoms with Crippen LogP contribution in [0.15, 0.2) is 5.38 Å². The van der Waals surface area contributed by atoms with Crippen LogP contribution >= 0.6 is 11.3 Å². The average Bonchev–Trinajstić information content (AvgIpc) is 3.00. The number of nitrogens with zero attached hydrogens (tertiary/aromatic N) is 2. The molecule has 1 saturated heterocycles. The van der Waals surface area contributed by atoms with Gasteiger partial charge in [-0.3, -0.25) is 4.79 Å². The lowest BCUT2D eigenvalue weighted by molar-refractivity contribution is -0.140. The molecule has 1 aliphatic heterocycles. The van der Waals surface area contributed by atoms with Crippen molar-refractivity contribution in [1.82, 2.24) is 9.88 Å². The lowest BCUT2D eigenvalue weighted by atomic mass is 9.97. The summed E-state index contributed by atoms with van der Waals surface area (Å²) in [5.74, 6) is 0.564. The zero-order valence-electron chi connectivity index (χ0n) is 13.4. The maximum absolute atomic E-state index is 12.4. The fourth-order valence-electron chi connectivity index (χ4n) is 3.48. The van der Waals surface area contributed by atoms with Crippen LogP contribution < -0.4 is 0 Å². The minimum absolute atomic E-state index is 0.156. The minimum atomic E-state index is 0.156. The third-order valence-corrected chi connectivity index (χ3v) is 5.88. The molecule has 3 rings (SSSR count). The fraction of sp³-hybridized carbons (Fsp3) is 0.765. The molecule has 0 spiro atoms. The number of aryl methyl sites for hydroxylation is 1. The molecule has 0 radical (unpaired) electrons. The van der Waals surface area contributed by atoms with Crippen LogP contribution in [0.4, 0.5) is 0 Å². The highest BCUT2D eigenvalue weighted by atomic mass is 32.1. The van der Waals surface area contributed by atoms with Crippen molar-refractivity contribution in [2.24, 2.45) is 0 Å². The van der Waals surface area contributed by atoms with Crippen LogP contribution in [0.2, 0.25) is 0 Å². The Morgan fingerprint density at radius 1 is 1.32 bits per heavy atom. The lowest BCUT2D eigenvalue weighted by Crippen LogP contribution is -2.41. The monoisotopic (exact) mass is 322 g/mol. The second-order valence-corrected chi connectivity index (χ2v) is 7.47. The van der Waals surface area contributed by atoms with E-state index < -0.39 is 0 Å². The van der Waals surface area contributed by atoms with Crippen LogP contribution in [0.3, 0.4) is 0 Å². The zero-order valence-corrected chi connectivity index (χ0v) is 14.2. The number of piperidine rings is 1. The molecule has 0 bridgehead atoms. The molecule has 22 heavy (non-hydrogen) atoms. The predicted molar refractivity (Wildman–Crippen MR) is 88.2 cm³/mol. The largest absolute Gasteiger partial charge is 0.368 e. The smallest absolute Gasteiger partial charge is 0.248 e. The number of aromatic nitrogens is 1. The summed E-state index contributed by atoms with van der Waals surface area (Å²) in [5, 5.41) is 3.28. The maximum Gasteiger partial charge on any atom is 0.248 e. The Morgan fingerprint density at radius 2 is 2.14 bits per heavy atom. The van der Waals surface area contributed by atoms with Gasteiger partial charge >= 0.3 is 0 Å². The van der Waals surface area contributed by atoms with Crippen molar-refractivity contribution >= 4 is 17.2 Å². The van der Waals surface area contributed by atoms with Crippen molar-refractivity contribution in [3.8, 4) is 0 Å². The molecule has 1 aliphatic carbocycles. The quantitative estimate of drug-likeness (QED) is 0.852. The molecule has 2 heterocycles. The van der Waals surface area contributed by atoms with E-state index in [1.165, 1.54) is 24.3 Å². The molecular weight excluding hydrogens is 296 g/mol. The molecule has 1 saturated carbocycles. The molecular formula is C17H26N2O2S. The second kappa shape index (κ2) is 7.55. The van der Waals surface area contributed by atoms with Crippen molar-refractivity contribution in [2.45, 2.75) is 63.9 Å². The van der Waals surface area contributed by atoms with E-state index in [-0.39, 0.29) is 12.5 Å². The van der Waals surface area contributed by atoms with Gasteiger partial charge in [0.15, 0.2) is 0 Å². The van der Waals surface area contributed by atoms with Crippen LogP contribution in [0.25, 0.3) is 0 Å². The van der Waals surface area contributed by atoms with Crippen molar-refractivity contribution in [1.29, 1.82) is 0 Å². The highest BCUT2D eigenvalue weighted by Gasteiger charge is 2.27. The Balaban J connectivity index is 1.49. The number of thiazole rings is 1. The van der Waals surface area contributed by atoms with Crippen LogP contribution in [0.1, 0.15) is 61.6 Å². The average molecular weight is 322 g/mol. The van der Waals surface area contributed by atoms with Crippen molar-refractivity contribution in [2.75, 3.05) is 19.7 Å². The van der Waals surface area contributed by atoms with Gasteiger partial charge in [0, 0.05) is 30.1 Å². The number of hydrogen-bond donors (Lipinski definition) is 0. The van der Waals surface area contributed by atoms with E-state index in [0.29, 0.717) is 12.0 Å². The first-order valence-electron chi connectivity index (χ1n) is 8.54. The molecule has 1 amide bonds. The Kier molecular flexibility index (Phi) is 5.47. The first kappa shape index (κ1) is 15.9. The molecule has 4 nitrogen and oxygen atoms in total. The van der Waals surface area contributed by atoms with Crippen molar-refractivity contribution in [3.63, 3.8) is 0 Å². The fourth-order valence-corrected chi connectivity index (χ4v) is 4.40. The normalized spacial score (nSPS) is 23.7. The van der Waals surface area contributed by atoms with E-state index in [0.717, 1.165) is 44.5 Å². The summed E-state index contributed by atoms with van der Waals surface area (Å²) < 4.78 is 5.84. The van der Waals surface area contributed by atoms with E-state index in [4.69, 9.17) is 4.74 Å². The van der Waals surface area contributed by atoms with Gasteiger partial charge in [0.2, 0.25) is 5.91 Å². The van der Waals surface area contributed by atoms with Crippen LogP contribution in [-0.2, 0) is 9.53 Å². The molecule has 1 atom stereocenters. The first-order chi connectivity index (χ1) is 10.7. The topological polar surface area (TPSA) is 42.4 Å². The summed E-state index contributed by atoms with van der Waals surface area (Å²) in [6.45, 7) is 3.96. The number of likely N-dealkylation sites (tertiary alicyclic amines) is 1. The molecule has 2 fully saturated rings. The van der Waals surface area contributed by atoms with Crippen LogP contribution in [-0.4, -0.2) is 41.6 Å². The van der Waals surface area contributed by atoms with Crippen LogP contribution in [0, 0.1) is 6.92 Å². The van der Waals surface area contributed by atoms with E-state index in [2.05, 4.69) is 10.4 Å². The van der Waals surface area contributed by atoms with Gasteiger partial charge in [0.25, 0.3) is 0 Å². The number of carbonyl (C=O) groups is 1. The lowest BCUT2D eigenvalue weighted by Gasteiger charge is -2.32. The van der Waals surface area contributed by atoms with Crippen LogP contribution in [0.5, 0.6) is 0 Å². The molecule has 1 aromatic rings. The van der Waals surface area contributed by atoms with Gasteiger partial charge in [-0.1, -0.05) is 19.3 Å². The summed E-state index contributed by atoms with van der Waals surface area (Å²) in [6, 6.07) is 0. The third kappa shape index (κ3) is 4.07. The first-order valence-corrected chi connectivity index (χ1v) is 9.42. The third-order valence-electron chi connectivity index (χ3n) is 4.75. The molecule has 0 aromatic carbocycles. The standard InChI is InChI=1S/C17H26N2O2S/c1-13-12-22-17(18-13)14-6-5-9-19(10-14)16(20)11-21-15-7-3-2-4-8-15/h12,14-15H,2-11H2,1H3/t14-/m1/s1. The molecule has 2 aliphatic rings. The number of rotatable bonds is 4. The summed E-state index contributed by atoms with van der Waals surface area (Å²) >= 11 is 1.73. The molecule has 5 heteroatoms. The molecule has 0 unspecified atom stereocenters. The summed E-state index contributed by atoms with van der Waals surface area (Å²) in [6.07, 6.45) is 8.55. The maximum atomic E-state index is 12.4. The highest BCUT2D eigenvalue weighted by Crippen LogP contribution is 2.29. The van der Waals surface area contributed by atoms with Gasteiger partial charge in [-0.05, 0) is 32.6 Å². The number of amides is 1. The molecule has 1 aromatic heterocycles. The van der Waals surface area contributed by atoms with E-state index >= 15 is 0 Å². The van der Waals surface area contributed by atoms with Gasteiger partial charge in [-0.25, -0.2) is 4.98 Å². The predicted octanol–water partition coefficient (Wildman–Crippen LogP) is 3.51. The van der Waals surface area contributed by atoms with Crippen molar-refractivity contribution < 1.29 is 9.53 Å². The van der Waals surface area contributed by atoms with Gasteiger partial charge in [0.1, 0.15) is 6.61 Å².